The second kappa shape index (κ2) is 7.35. The summed E-state index contributed by atoms with van der Waals surface area (Å²) in [6.07, 6.45) is 10.2. The fourth-order valence-electron chi connectivity index (χ4n) is 3.11. The van der Waals surface area contributed by atoms with E-state index in [1.165, 1.54) is 25.7 Å². The maximum absolute atomic E-state index is 12.1. The van der Waals surface area contributed by atoms with Crippen LogP contribution in [-0.4, -0.2) is 26.1 Å². The lowest BCUT2D eigenvalue weighted by molar-refractivity contribution is -0.122. The van der Waals surface area contributed by atoms with Gasteiger partial charge in [0.05, 0.1) is 6.04 Å². The molecule has 1 aliphatic rings. The molecule has 6 nitrogen and oxygen atoms in total. The van der Waals surface area contributed by atoms with Gasteiger partial charge >= 0.3 is 0 Å². The molecule has 122 valence electrons. The zero-order valence-corrected chi connectivity index (χ0v) is 13.5. The molecule has 0 aliphatic heterocycles. The monoisotopic (exact) mass is 313 g/mol. The molecular weight excluding hydrogens is 290 g/mol. The Morgan fingerprint density at radius 2 is 2.26 bits per heavy atom. The number of pyridine rings is 1. The Morgan fingerprint density at radius 1 is 1.43 bits per heavy atom. The highest BCUT2D eigenvalue weighted by Gasteiger charge is 2.18. The Labute approximate surface area is 136 Å². The summed E-state index contributed by atoms with van der Waals surface area (Å²) in [7, 11) is 0. The topological polar surface area (TPSA) is 83.6 Å². The summed E-state index contributed by atoms with van der Waals surface area (Å²) in [6, 6.07) is 3.58. The highest BCUT2D eigenvalue weighted by Crippen LogP contribution is 2.28. The summed E-state index contributed by atoms with van der Waals surface area (Å²) in [6.45, 7) is 1.92. The van der Waals surface area contributed by atoms with Crippen molar-refractivity contribution in [2.24, 2.45) is 5.92 Å². The van der Waals surface area contributed by atoms with Gasteiger partial charge in [-0.15, -0.1) is 0 Å². The van der Waals surface area contributed by atoms with Crippen molar-refractivity contribution in [2.75, 3.05) is 0 Å². The van der Waals surface area contributed by atoms with Crippen molar-refractivity contribution in [2.45, 2.75) is 51.5 Å². The second-order valence-corrected chi connectivity index (χ2v) is 6.26. The third-order valence-electron chi connectivity index (χ3n) is 4.46. The Kier molecular flexibility index (Phi) is 5.00. The molecule has 0 spiro atoms. The fourth-order valence-corrected chi connectivity index (χ4v) is 3.11. The average Bonchev–Trinajstić information content (AvgIpc) is 3.25. The van der Waals surface area contributed by atoms with Gasteiger partial charge in [-0.25, -0.2) is 4.98 Å². The van der Waals surface area contributed by atoms with E-state index in [1.54, 1.807) is 12.4 Å². The highest BCUT2D eigenvalue weighted by molar-refractivity contribution is 5.76. The molecule has 0 unspecified atom stereocenters. The van der Waals surface area contributed by atoms with Crippen LogP contribution in [0, 0.1) is 5.92 Å². The summed E-state index contributed by atoms with van der Waals surface area (Å²) in [5.74, 6) is 2.08. The number of aromatic amines is 1. The third-order valence-corrected chi connectivity index (χ3v) is 4.46. The van der Waals surface area contributed by atoms with Gasteiger partial charge in [-0.1, -0.05) is 25.7 Å². The van der Waals surface area contributed by atoms with E-state index in [1.807, 2.05) is 19.1 Å². The van der Waals surface area contributed by atoms with Crippen LogP contribution in [0.1, 0.15) is 57.3 Å². The summed E-state index contributed by atoms with van der Waals surface area (Å²) in [5.41, 5.74) is 0.856. The Bertz CT molecular complexity index is 633. The summed E-state index contributed by atoms with van der Waals surface area (Å²) in [4.78, 5) is 20.6. The Morgan fingerprint density at radius 3 is 3.00 bits per heavy atom. The van der Waals surface area contributed by atoms with Gasteiger partial charge in [0.15, 0.2) is 5.82 Å². The van der Waals surface area contributed by atoms with Crippen LogP contribution >= 0.6 is 0 Å². The summed E-state index contributed by atoms with van der Waals surface area (Å²) in [5, 5.41) is 10.1. The maximum atomic E-state index is 12.1. The smallest absolute Gasteiger partial charge is 0.220 e. The van der Waals surface area contributed by atoms with Crippen LogP contribution in [0.5, 0.6) is 0 Å². The van der Waals surface area contributed by atoms with Crippen molar-refractivity contribution >= 4 is 5.91 Å². The molecule has 0 saturated heterocycles. The molecule has 1 atom stereocenters. The zero-order chi connectivity index (χ0) is 16.1. The van der Waals surface area contributed by atoms with E-state index >= 15 is 0 Å². The van der Waals surface area contributed by atoms with E-state index in [0.717, 1.165) is 17.9 Å². The predicted molar refractivity (Wildman–Crippen MR) is 87.4 cm³/mol. The van der Waals surface area contributed by atoms with Crippen LogP contribution in [0.3, 0.4) is 0 Å². The summed E-state index contributed by atoms with van der Waals surface area (Å²) < 4.78 is 0. The van der Waals surface area contributed by atoms with E-state index in [9.17, 15) is 4.79 Å². The summed E-state index contributed by atoms with van der Waals surface area (Å²) >= 11 is 0. The SMILES string of the molecule is C[C@H](NC(=O)CCC1CCCC1)c1nc(-c2cccnc2)n[nH]1. The predicted octanol–water partition coefficient (Wildman–Crippen LogP) is 3.01. The van der Waals surface area contributed by atoms with E-state index in [4.69, 9.17) is 0 Å². The van der Waals surface area contributed by atoms with Gasteiger partial charge in [-0.2, -0.15) is 5.10 Å². The Hall–Kier alpha value is -2.24. The first-order chi connectivity index (χ1) is 11.2. The van der Waals surface area contributed by atoms with Gasteiger partial charge in [0, 0.05) is 24.4 Å². The molecule has 23 heavy (non-hydrogen) atoms. The minimum absolute atomic E-state index is 0.0868. The van der Waals surface area contributed by atoms with Crippen molar-refractivity contribution in [1.29, 1.82) is 0 Å². The fraction of sp³-hybridized carbons (Fsp3) is 0.529. The van der Waals surface area contributed by atoms with Crippen molar-refractivity contribution in [3.63, 3.8) is 0 Å². The minimum atomic E-state index is -0.177. The van der Waals surface area contributed by atoms with Gasteiger partial charge in [-0.05, 0) is 31.4 Å². The molecule has 1 aliphatic carbocycles. The molecule has 2 aromatic rings. The van der Waals surface area contributed by atoms with Gasteiger partial charge in [0.1, 0.15) is 5.82 Å². The van der Waals surface area contributed by atoms with Gasteiger partial charge in [0.2, 0.25) is 5.91 Å². The van der Waals surface area contributed by atoms with Crippen LogP contribution in [0.15, 0.2) is 24.5 Å². The standard InChI is InChI=1S/C17H23N5O/c1-12(19-15(23)9-8-13-5-2-3-6-13)16-20-17(22-21-16)14-7-4-10-18-11-14/h4,7,10-13H,2-3,5-6,8-9H2,1H3,(H,19,23)(H,20,21,22)/t12-/m0/s1. The van der Waals surface area contributed by atoms with Crippen molar-refractivity contribution < 1.29 is 4.79 Å². The van der Waals surface area contributed by atoms with Gasteiger partial charge < -0.3 is 5.32 Å². The lowest BCUT2D eigenvalue weighted by Crippen LogP contribution is -2.27. The third kappa shape index (κ3) is 4.15. The van der Waals surface area contributed by atoms with Gasteiger partial charge in [-0.3, -0.25) is 14.9 Å². The van der Waals surface area contributed by atoms with E-state index in [2.05, 4.69) is 25.5 Å². The van der Waals surface area contributed by atoms with Crippen LogP contribution in [0.2, 0.25) is 0 Å². The first kappa shape index (κ1) is 15.6. The maximum Gasteiger partial charge on any atom is 0.220 e. The number of carbonyl (C=O) groups excluding carboxylic acids is 1. The lowest BCUT2D eigenvalue weighted by Gasteiger charge is -2.12. The number of amides is 1. The van der Waals surface area contributed by atoms with Crippen molar-refractivity contribution in [1.82, 2.24) is 25.5 Å². The molecule has 0 bridgehead atoms. The van der Waals surface area contributed by atoms with Gasteiger partial charge in [0.25, 0.3) is 0 Å². The van der Waals surface area contributed by atoms with Crippen LogP contribution in [0.25, 0.3) is 11.4 Å². The lowest BCUT2D eigenvalue weighted by atomic mass is 10.0. The molecule has 1 amide bonds. The molecule has 2 N–H and O–H groups in total. The average molecular weight is 313 g/mol. The largest absolute Gasteiger partial charge is 0.346 e. The van der Waals surface area contributed by atoms with Crippen LogP contribution in [0.4, 0.5) is 0 Å². The van der Waals surface area contributed by atoms with E-state index in [0.29, 0.717) is 18.1 Å². The number of carbonyl (C=O) groups is 1. The van der Waals surface area contributed by atoms with E-state index < -0.39 is 0 Å². The quantitative estimate of drug-likeness (QED) is 0.858. The number of H-pyrrole nitrogens is 1. The van der Waals surface area contributed by atoms with E-state index in [-0.39, 0.29) is 11.9 Å². The molecule has 6 heteroatoms. The molecule has 0 radical (unpaired) electrons. The van der Waals surface area contributed by atoms with Crippen LogP contribution in [-0.2, 0) is 4.79 Å². The Balaban J connectivity index is 1.52. The van der Waals surface area contributed by atoms with Crippen molar-refractivity contribution in [3.8, 4) is 11.4 Å². The molecule has 2 heterocycles. The highest BCUT2D eigenvalue weighted by atomic mass is 16.1. The number of hydrogen-bond acceptors (Lipinski definition) is 4. The normalized spacial score (nSPS) is 16.4. The number of nitrogens with zero attached hydrogens (tertiary/aromatic N) is 3. The first-order valence-corrected chi connectivity index (χ1v) is 8.34. The molecule has 1 fully saturated rings. The number of hydrogen-bond donors (Lipinski definition) is 2. The zero-order valence-electron chi connectivity index (χ0n) is 13.5. The number of rotatable bonds is 6. The molecule has 2 aromatic heterocycles. The first-order valence-electron chi connectivity index (χ1n) is 8.34. The minimum Gasteiger partial charge on any atom is -0.346 e. The second-order valence-electron chi connectivity index (χ2n) is 6.26. The molecular formula is C17H23N5O. The van der Waals surface area contributed by atoms with Crippen molar-refractivity contribution in [3.05, 3.63) is 30.4 Å². The number of nitrogens with one attached hydrogen (secondary N) is 2. The molecule has 1 saturated carbocycles. The molecule has 3 rings (SSSR count). The molecule has 0 aromatic carbocycles. The number of aromatic nitrogens is 4. The van der Waals surface area contributed by atoms with Crippen LogP contribution < -0.4 is 5.32 Å².